The highest BCUT2D eigenvalue weighted by Crippen LogP contribution is 2.54. The Hall–Kier alpha value is -1.82. The van der Waals surface area contributed by atoms with Crippen LogP contribution in [0.3, 0.4) is 0 Å². The van der Waals surface area contributed by atoms with Crippen molar-refractivity contribution in [2.45, 2.75) is 43.8 Å². The summed E-state index contributed by atoms with van der Waals surface area (Å²) in [6.45, 7) is 5.12. The smallest absolute Gasteiger partial charge is 0.316 e. The van der Waals surface area contributed by atoms with E-state index in [4.69, 9.17) is 4.74 Å². The number of aromatic nitrogens is 3. The van der Waals surface area contributed by atoms with Crippen molar-refractivity contribution in [2.24, 2.45) is 0 Å². The minimum Gasteiger partial charge on any atom is -0.465 e. The molecule has 1 saturated carbocycles. The van der Waals surface area contributed by atoms with Crippen LogP contribution >= 0.6 is 11.8 Å². The van der Waals surface area contributed by atoms with E-state index in [1.807, 2.05) is 13.0 Å². The van der Waals surface area contributed by atoms with E-state index in [2.05, 4.69) is 46.0 Å². The molecule has 1 fully saturated rings. The summed E-state index contributed by atoms with van der Waals surface area (Å²) in [5.41, 5.74) is 1.36. The zero-order chi connectivity index (χ0) is 16.2. The zero-order valence-corrected chi connectivity index (χ0v) is 14.3. The molecule has 0 spiro atoms. The number of ether oxygens (including phenoxy) is 1. The van der Waals surface area contributed by atoms with Gasteiger partial charge in [-0.1, -0.05) is 42.1 Å². The van der Waals surface area contributed by atoms with Gasteiger partial charge in [-0.15, -0.1) is 10.2 Å². The van der Waals surface area contributed by atoms with Crippen LogP contribution in [0.2, 0.25) is 0 Å². The fraction of sp³-hybridized carbons (Fsp3) is 0.471. The number of esters is 1. The van der Waals surface area contributed by atoms with Gasteiger partial charge in [-0.2, -0.15) is 0 Å². The number of rotatable bonds is 7. The Morgan fingerprint density at radius 3 is 2.74 bits per heavy atom. The molecule has 3 rings (SSSR count). The average Bonchev–Trinajstić information content (AvgIpc) is 3.27. The van der Waals surface area contributed by atoms with Gasteiger partial charge in [-0.25, -0.2) is 0 Å². The highest BCUT2D eigenvalue weighted by Gasteiger charge is 2.43. The summed E-state index contributed by atoms with van der Waals surface area (Å²) < 4.78 is 7.08. The quantitative estimate of drug-likeness (QED) is 0.576. The summed E-state index contributed by atoms with van der Waals surface area (Å²) in [7, 11) is 0. The van der Waals surface area contributed by atoms with Gasteiger partial charge in [-0.05, 0) is 31.7 Å². The van der Waals surface area contributed by atoms with Gasteiger partial charge >= 0.3 is 5.97 Å². The van der Waals surface area contributed by atoms with E-state index in [1.165, 1.54) is 17.3 Å². The maximum Gasteiger partial charge on any atom is 0.316 e. The summed E-state index contributed by atoms with van der Waals surface area (Å²) in [5, 5.41) is 9.47. The van der Waals surface area contributed by atoms with Crippen LogP contribution in [0.5, 0.6) is 0 Å². The second-order valence-electron chi connectivity index (χ2n) is 5.54. The van der Waals surface area contributed by atoms with Crippen LogP contribution in [0, 0.1) is 0 Å². The SMILES string of the molecule is CCOC(=O)CSc1nnc(C2CC2c2ccccc2)n1CC. The zero-order valence-electron chi connectivity index (χ0n) is 13.4. The third-order valence-corrected chi connectivity index (χ3v) is 4.98. The van der Waals surface area contributed by atoms with Crippen molar-refractivity contribution in [3.05, 3.63) is 41.7 Å². The number of thioether (sulfide) groups is 1. The van der Waals surface area contributed by atoms with E-state index in [1.54, 1.807) is 0 Å². The number of benzene rings is 1. The molecule has 1 aliphatic carbocycles. The molecule has 6 heteroatoms. The first-order valence-electron chi connectivity index (χ1n) is 8.01. The minimum absolute atomic E-state index is 0.210. The third-order valence-electron chi connectivity index (χ3n) is 4.04. The lowest BCUT2D eigenvalue weighted by molar-refractivity contribution is -0.139. The summed E-state index contributed by atoms with van der Waals surface area (Å²) in [4.78, 5) is 11.5. The van der Waals surface area contributed by atoms with Gasteiger partial charge in [0.2, 0.25) is 0 Å². The van der Waals surface area contributed by atoms with Crippen molar-refractivity contribution in [2.75, 3.05) is 12.4 Å². The molecule has 0 bridgehead atoms. The van der Waals surface area contributed by atoms with Crippen LogP contribution in [0.15, 0.2) is 35.5 Å². The lowest BCUT2D eigenvalue weighted by Crippen LogP contribution is -2.08. The monoisotopic (exact) mass is 331 g/mol. The fourth-order valence-corrected chi connectivity index (χ4v) is 3.66. The molecule has 0 amide bonds. The minimum atomic E-state index is -0.210. The first-order chi connectivity index (χ1) is 11.2. The molecule has 0 saturated heterocycles. The lowest BCUT2D eigenvalue weighted by atomic mass is 10.1. The van der Waals surface area contributed by atoms with Crippen molar-refractivity contribution in [1.29, 1.82) is 0 Å². The van der Waals surface area contributed by atoms with Crippen LogP contribution in [-0.2, 0) is 16.1 Å². The van der Waals surface area contributed by atoms with Crippen molar-refractivity contribution < 1.29 is 9.53 Å². The predicted molar refractivity (Wildman–Crippen MR) is 89.6 cm³/mol. The van der Waals surface area contributed by atoms with Gasteiger partial charge in [-0.3, -0.25) is 4.79 Å². The Bertz CT molecular complexity index is 672. The van der Waals surface area contributed by atoms with Gasteiger partial charge in [0.25, 0.3) is 0 Å². The number of nitrogens with zero attached hydrogens (tertiary/aromatic N) is 3. The number of hydrogen-bond donors (Lipinski definition) is 0. The van der Waals surface area contributed by atoms with E-state index in [0.29, 0.717) is 18.4 Å². The number of carbonyl (C=O) groups is 1. The molecular weight excluding hydrogens is 310 g/mol. The molecule has 2 atom stereocenters. The Morgan fingerprint density at radius 2 is 2.04 bits per heavy atom. The van der Waals surface area contributed by atoms with Gasteiger partial charge in [0, 0.05) is 12.5 Å². The van der Waals surface area contributed by atoms with Crippen LogP contribution in [-0.4, -0.2) is 33.1 Å². The van der Waals surface area contributed by atoms with Crippen LogP contribution in [0.4, 0.5) is 0 Å². The highest BCUT2D eigenvalue weighted by molar-refractivity contribution is 7.99. The normalized spacial score (nSPS) is 19.6. The molecule has 1 heterocycles. The molecule has 2 unspecified atom stereocenters. The molecule has 1 aromatic carbocycles. The second kappa shape index (κ2) is 7.17. The third kappa shape index (κ3) is 3.58. The lowest BCUT2D eigenvalue weighted by Gasteiger charge is -2.07. The van der Waals surface area contributed by atoms with E-state index in [0.717, 1.165) is 23.9 Å². The highest BCUT2D eigenvalue weighted by atomic mass is 32.2. The topological polar surface area (TPSA) is 57.0 Å². The molecule has 0 N–H and O–H groups in total. The van der Waals surface area contributed by atoms with Gasteiger partial charge in [0.1, 0.15) is 5.82 Å². The summed E-state index contributed by atoms with van der Waals surface area (Å²) in [6.07, 6.45) is 1.12. The molecule has 0 aliphatic heterocycles. The van der Waals surface area contributed by atoms with E-state index < -0.39 is 0 Å². The van der Waals surface area contributed by atoms with Crippen molar-refractivity contribution >= 4 is 17.7 Å². The number of carbonyl (C=O) groups excluding carboxylic acids is 1. The molecule has 2 aromatic rings. The molecule has 23 heavy (non-hydrogen) atoms. The van der Waals surface area contributed by atoms with Gasteiger partial charge in [0.05, 0.1) is 12.4 Å². The maximum absolute atomic E-state index is 11.5. The van der Waals surface area contributed by atoms with Gasteiger partial charge in [0.15, 0.2) is 5.16 Å². The Kier molecular flexibility index (Phi) is 5.00. The summed E-state index contributed by atoms with van der Waals surface area (Å²) >= 11 is 1.40. The van der Waals surface area contributed by atoms with Crippen LogP contribution in [0.25, 0.3) is 0 Å². The Labute approximate surface area is 140 Å². The fourth-order valence-electron chi connectivity index (χ4n) is 2.85. The molecule has 1 aromatic heterocycles. The molecule has 0 radical (unpaired) electrons. The molecule has 1 aliphatic rings. The largest absolute Gasteiger partial charge is 0.465 e. The Morgan fingerprint density at radius 1 is 1.26 bits per heavy atom. The molecule has 5 nitrogen and oxygen atoms in total. The number of hydrogen-bond acceptors (Lipinski definition) is 5. The standard InChI is InChI=1S/C17H21N3O2S/c1-3-20-16(14-10-13(14)12-8-6-5-7-9-12)18-19-17(20)23-11-15(21)22-4-2/h5-9,13-14H,3-4,10-11H2,1-2H3. The molecular formula is C17H21N3O2S. The van der Waals surface area contributed by atoms with Crippen molar-refractivity contribution in [3.63, 3.8) is 0 Å². The van der Waals surface area contributed by atoms with Crippen LogP contribution in [0.1, 0.15) is 43.5 Å². The second-order valence-corrected chi connectivity index (χ2v) is 6.48. The first kappa shape index (κ1) is 16.1. The Balaban J connectivity index is 1.69. The van der Waals surface area contributed by atoms with Crippen LogP contribution < -0.4 is 0 Å². The molecule has 122 valence electrons. The van der Waals surface area contributed by atoms with Crippen molar-refractivity contribution in [3.8, 4) is 0 Å². The summed E-state index contributed by atoms with van der Waals surface area (Å²) in [5.74, 6) is 2.07. The van der Waals surface area contributed by atoms with E-state index >= 15 is 0 Å². The first-order valence-corrected chi connectivity index (χ1v) is 8.99. The maximum atomic E-state index is 11.5. The summed E-state index contributed by atoms with van der Waals surface area (Å²) in [6, 6.07) is 10.5. The van der Waals surface area contributed by atoms with E-state index in [9.17, 15) is 4.79 Å². The average molecular weight is 331 g/mol. The van der Waals surface area contributed by atoms with Crippen molar-refractivity contribution in [1.82, 2.24) is 14.8 Å². The van der Waals surface area contributed by atoms with E-state index in [-0.39, 0.29) is 11.7 Å². The van der Waals surface area contributed by atoms with Gasteiger partial charge < -0.3 is 9.30 Å². The predicted octanol–water partition coefficient (Wildman–Crippen LogP) is 3.22.